The highest BCUT2D eigenvalue weighted by Gasteiger charge is 2.16. The van der Waals surface area contributed by atoms with Gasteiger partial charge in [-0.3, -0.25) is 19.7 Å². The van der Waals surface area contributed by atoms with Gasteiger partial charge in [-0.25, -0.2) is 0 Å². The number of hydrogen-bond acceptors (Lipinski definition) is 6. The number of methoxy groups -OCH3 is 1. The minimum absolute atomic E-state index is 0.0225. The van der Waals surface area contributed by atoms with Gasteiger partial charge in [0.2, 0.25) is 5.82 Å². The number of hydrogen-bond donors (Lipinski definition) is 1. The highest BCUT2D eigenvalue weighted by molar-refractivity contribution is 5.93. The van der Waals surface area contributed by atoms with Gasteiger partial charge in [0.15, 0.2) is 6.61 Å². The molecule has 8 nitrogen and oxygen atoms in total. The van der Waals surface area contributed by atoms with Crippen molar-refractivity contribution >= 4 is 23.3 Å². The van der Waals surface area contributed by atoms with Crippen molar-refractivity contribution in [3.63, 3.8) is 0 Å². The van der Waals surface area contributed by atoms with E-state index in [1.165, 1.54) is 13.2 Å². The quantitative estimate of drug-likeness (QED) is 0.460. The van der Waals surface area contributed by atoms with Crippen molar-refractivity contribution in [2.45, 2.75) is 6.42 Å². The summed E-state index contributed by atoms with van der Waals surface area (Å²) in [6.07, 6.45) is -0.0285. The number of nitrogens with zero attached hydrogens (tertiary/aromatic N) is 1. The van der Waals surface area contributed by atoms with Crippen LogP contribution in [0.25, 0.3) is 0 Å². The lowest BCUT2D eigenvalue weighted by Crippen LogP contribution is -2.21. The molecule has 0 aromatic heterocycles. The first-order chi connectivity index (χ1) is 12.4. The van der Waals surface area contributed by atoms with Gasteiger partial charge in [0.1, 0.15) is 5.75 Å². The van der Waals surface area contributed by atoms with Gasteiger partial charge >= 0.3 is 11.7 Å². The fourth-order valence-corrected chi connectivity index (χ4v) is 2.03. The Hall–Kier alpha value is -3.49. The van der Waals surface area contributed by atoms with Gasteiger partial charge in [0, 0.05) is 11.8 Å². The molecule has 0 aliphatic carbocycles. The van der Waals surface area contributed by atoms with E-state index in [9.17, 15) is 24.1 Å². The number of esters is 1. The maximum Gasteiger partial charge on any atom is 0.310 e. The highest BCUT2D eigenvalue weighted by atomic mass is 19.1. The molecule has 26 heavy (non-hydrogen) atoms. The van der Waals surface area contributed by atoms with Crippen LogP contribution in [0.2, 0.25) is 0 Å². The van der Waals surface area contributed by atoms with Crippen molar-refractivity contribution in [2.75, 3.05) is 19.0 Å². The minimum Gasteiger partial charge on any atom is -0.497 e. The Morgan fingerprint density at radius 1 is 1.19 bits per heavy atom. The SMILES string of the molecule is COc1ccc(CC(=O)OCC(=O)Nc2ccc(F)c([N+](=O)[O-])c2)cc1. The Morgan fingerprint density at radius 3 is 2.50 bits per heavy atom. The van der Waals surface area contributed by atoms with E-state index < -0.39 is 34.9 Å². The Morgan fingerprint density at radius 2 is 1.88 bits per heavy atom. The Kier molecular flexibility index (Phi) is 6.20. The first kappa shape index (κ1) is 18.8. The number of benzene rings is 2. The largest absolute Gasteiger partial charge is 0.497 e. The van der Waals surface area contributed by atoms with Gasteiger partial charge < -0.3 is 14.8 Å². The molecule has 1 amide bonds. The summed E-state index contributed by atoms with van der Waals surface area (Å²) in [5.74, 6) is -1.68. The predicted octanol–water partition coefficient (Wildman–Crippen LogP) is 2.47. The third-order valence-electron chi connectivity index (χ3n) is 3.30. The first-order valence-corrected chi connectivity index (χ1v) is 7.41. The maximum absolute atomic E-state index is 13.2. The number of carbonyl (C=O) groups is 2. The van der Waals surface area contributed by atoms with Crippen LogP contribution < -0.4 is 10.1 Å². The molecule has 2 rings (SSSR count). The zero-order valence-corrected chi connectivity index (χ0v) is 13.7. The van der Waals surface area contributed by atoms with Crippen molar-refractivity contribution < 1.29 is 28.4 Å². The van der Waals surface area contributed by atoms with Crippen LogP contribution >= 0.6 is 0 Å². The van der Waals surface area contributed by atoms with E-state index in [4.69, 9.17) is 9.47 Å². The van der Waals surface area contributed by atoms with Gasteiger partial charge in [0.05, 0.1) is 18.5 Å². The van der Waals surface area contributed by atoms with Gasteiger partial charge in [-0.2, -0.15) is 4.39 Å². The molecule has 0 spiro atoms. The standard InChI is InChI=1S/C17H15FN2O6/c1-25-13-5-2-11(3-6-13)8-17(22)26-10-16(21)19-12-4-7-14(18)15(9-12)20(23)24/h2-7,9H,8,10H2,1H3,(H,19,21). The number of anilines is 1. The molecule has 0 saturated heterocycles. The molecule has 1 N–H and O–H groups in total. The van der Waals surface area contributed by atoms with Crippen molar-refractivity contribution in [3.05, 3.63) is 64.0 Å². The second-order valence-corrected chi connectivity index (χ2v) is 5.16. The van der Waals surface area contributed by atoms with Crippen LogP contribution in [0, 0.1) is 15.9 Å². The van der Waals surface area contributed by atoms with Gasteiger partial charge in [0.25, 0.3) is 5.91 Å². The van der Waals surface area contributed by atoms with E-state index in [-0.39, 0.29) is 12.1 Å². The summed E-state index contributed by atoms with van der Waals surface area (Å²) < 4.78 is 23.1. The van der Waals surface area contributed by atoms with E-state index in [0.717, 1.165) is 12.1 Å². The van der Waals surface area contributed by atoms with Crippen LogP contribution in [-0.2, 0) is 20.7 Å². The average Bonchev–Trinajstić information content (AvgIpc) is 2.62. The summed E-state index contributed by atoms with van der Waals surface area (Å²) in [7, 11) is 1.53. The molecule has 2 aromatic rings. The molecule has 0 atom stereocenters. The van der Waals surface area contributed by atoms with Crippen LogP contribution in [-0.4, -0.2) is 30.5 Å². The smallest absolute Gasteiger partial charge is 0.310 e. The predicted molar refractivity (Wildman–Crippen MR) is 89.3 cm³/mol. The normalized spacial score (nSPS) is 10.1. The lowest BCUT2D eigenvalue weighted by Gasteiger charge is -2.07. The molecule has 0 aliphatic rings. The average molecular weight is 362 g/mol. The second kappa shape index (κ2) is 8.56. The van der Waals surface area contributed by atoms with Crippen molar-refractivity contribution in [2.24, 2.45) is 0 Å². The lowest BCUT2D eigenvalue weighted by molar-refractivity contribution is -0.387. The molecule has 0 saturated carbocycles. The molecule has 0 aliphatic heterocycles. The summed E-state index contributed by atoms with van der Waals surface area (Å²) in [5.41, 5.74) is -0.0565. The fraction of sp³-hybridized carbons (Fsp3) is 0.176. The number of halogens is 1. The number of nitro groups is 1. The van der Waals surface area contributed by atoms with E-state index in [2.05, 4.69) is 5.32 Å². The van der Waals surface area contributed by atoms with Crippen LogP contribution in [0.5, 0.6) is 5.75 Å². The summed E-state index contributed by atoms with van der Waals surface area (Å²) >= 11 is 0. The highest BCUT2D eigenvalue weighted by Crippen LogP contribution is 2.21. The van der Waals surface area contributed by atoms with E-state index in [1.54, 1.807) is 24.3 Å². The Balaban J connectivity index is 1.85. The molecule has 0 unspecified atom stereocenters. The fourth-order valence-electron chi connectivity index (χ4n) is 2.03. The van der Waals surface area contributed by atoms with Crippen LogP contribution in [0.15, 0.2) is 42.5 Å². The van der Waals surface area contributed by atoms with Crippen LogP contribution in [0.4, 0.5) is 15.8 Å². The molecular weight excluding hydrogens is 347 g/mol. The number of nitro benzene ring substituents is 1. The summed E-state index contributed by atoms with van der Waals surface area (Å²) in [4.78, 5) is 33.3. The Bertz CT molecular complexity index is 823. The third kappa shape index (κ3) is 5.26. The summed E-state index contributed by atoms with van der Waals surface area (Å²) in [6, 6.07) is 9.68. The topological polar surface area (TPSA) is 108 Å². The van der Waals surface area contributed by atoms with Gasteiger partial charge in [-0.05, 0) is 29.8 Å². The molecular formula is C17H15FN2O6. The van der Waals surface area contributed by atoms with E-state index in [0.29, 0.717) is 11.3 Å². The number of rotatable bonds is 7. The monoisotopic (exact) mass is 362 g/mol. The second-order valence-electron chi connectivity index (χ2n) is 5.16. The van der Waals surface area contributed by atoms with Crippen LogP contribution in [0.1, 0.15) is 5.56 Å². The molecule has 0 fully saturated rings. The zero-order chi connectivity index (χ0) is 19.1. The molecule has 9 heteroatoms. The Labute approximate surface area is 147 Å². The zero-order valence-electron chi connectivity index (χ0n) is 13.7. The maximum atomic E-state index is 13.2. The molecule has 136 valence electrons. The third-order valence-corrected chi connectivity index (χ3v) is 3.30. The minimum atomic E-state index is -1.01. The number of ether oxygens (including phenoxy) is 2. The molecule has 2 aromatic carbocycles. The lowest BCUT2D eigenvalue weighted by atomic mass is 10.1. The van der Waals surface area contributed by atoms with E-state index >= 15 is 0 Å². The van der Waals surface area contributed by atoms with Crippen LogP contribution in [0.3, 0.4) is 0 Å². The number of nitrogens with one attached hydrogen (secondary N) is 1. The first-order valence-electron chi connectivity index (χ1n) is 7.41. The summed E-state index contributed by atoms with van der Waals surface area (Å²) in [6.45, 7) is -0.569. The molecule has 0 heterocycles. The van der Waals surface area contributed by atoms with Gasteiger partial charge in [-0.1, -0.05) is 12.1 Å². The molecule has 0 bridgehead atoms. The number of carbonyl (C=O) groups excluding carboxylic acids is 2. The molecule has 0 radical (unpaired) electrons. The van der Waals surface area contributed by atoms with E-state index in [1.807, 2.05) is 0 Å². The van der Waals surface area contributed by atoms with Gasteiger partial charge in [-0.15, -0.1) is 0 Å². The van der Waals surface area contributed by atoms with Crippen molar-refractivity contribution in [1.82, 2.24) is 0 Å². The van der Waals surface area contributed by atoms with Crippen molar-refractivity contribution in [3.8, 4) is 5.75 Å². The number of amides is 1. The summed E-state index contributed by atoms with van der Waals surface area (Å²) in [5, 5.41) is 13.0. The van der Waals surface area contributed by atoms with Crippen molar-refractivity contribution in [1.29, 1.82) is 0 Å².